The van der Waals surface area contributed by atoms with E-state index >= 15 is 0 Å². The molecule has 102 valence electrons. The van der Waals surface area contributed by atoms with E-state index in [1.165, 1.54) is 11.3 Å². The molecule has 4 heteroatoms. The fourth-order valence-electron chi connectivity index (χ4n) is 1.86. The van der Waals surface area contributed by atoms with Crippen LogP contribution >= 0.6 is 0 Å². The third-order valence-electron chi connectivity index (χ3n) is 2.96. The summed E-state index contributed by atoms with van der Waals surface area (Å²) in [5.41, 5.74) is 2.55. The minimum atomic E-state index is -0.705. The standard InChI is InChI=1S/C14H24N2OS/c1-4-16(5-2)14-8-6-13(7-9-14)12-15-10-11-18(3)17/h6-9,15H,4-5,10-12H2,1-3H3. The van der Waals surface area contributed by atoms with E-state index in [0.29, 0.717) is 0 Å². The van der Waals surface area contributed by atoms with Crippen LogP contribution in [0.5, 0.6) is 0 Å². The summed E-state index contributed by atoms with van der Waals surface area (Å²) >= 11 is 0. The van der Waals surface area contributed by atoms with Crippen molar-refractivity contribution in [2.24, 2.45) is 0 Å². The first kappa shape index (κ1) is 15.2. The molecule has 1 rings (SSSR count). The highest BCUT2D eigenvalue weighted by Crippen LogP contribution is 2.14. The van der Waals surface area contributed by atoms with Crippen LogP contribution in [0.4, 0.5) is 5.69 Å². The molecule has 1 N–H and O–H groups in total. The Kier molecular flexibility index (Phi) is 6.98. The number of hydrogen-bond acceptors (Lipinski definition) is 3. The number of rotatable bonds is 8. The summed E-state index contributed by atoms with van der Waals surface area (Å²) in [7, 11) is -0.705. The molecule has 1 atom stereocenters. The van der Waals surface area contributed by atoms with Gasteiger partial charge in [0.25, 0.3) is 0 Å². The van der Waals surface area contributed by atoms with Gasteiger partial charge in [-0.2, -0.15) is 0 Å². The van der Waals surface area contributed by atoms with Crippen molar-refractivity contribution in [2.75, 3.05) is 36.5 Å². The van der Waals surface area contributed by atoms with E-state index in [9.17, 15) is 4.21 Å². The zero-order chi connectivity index (χ0) is 13.4. The van der Waals surface area contributed by atoms with Gasteiger partial charge in [-0.05, 0) is 31.5 Å². The molecule has 18 heavy (non-hydrogen) atoms. The second-order valence-electron chi connectivity index (χ2n) is 4.29. The van der Waals surface area contributed by atoms with Gasteiger partial charge >= 0.3 is 0 Å². The maximum Gasteiger partial charge on any atom is 0.0366 e. The predicted molar refractivity (Wildman–Crippen MR) is 80.6 cm³/mol. The van der Waals surface area contributed by atoms with E-state index in [-0.39, 0.29) is 0 Å². The predicted octanol–water partition coefficient (Wildman–Crippen LogP) is 2.00. The minimum absolute atomic E-state index is 0.705. The van der Waals surface area contributed by atoms with Crippen LogP contribution in [0.15, 0.2) is 24.3 Å². The maximum absolute atomic E-state index is 10.9. The van der Waals surface area contributed by atoms with E-state index in [4.69, 9.17) is 0 Å². The molecule has 0 heterocycles. The molecule has 0 fully saturated rings. The number of hydrogen-bond donors (Lipinski definition) is 1. The molecule has 0 spiro atoms. The molecule has 0 saturated heterocycles. The van der Waals surface area contributed by atoms with Crippen LogP contribution in [0.1, 0.15) is 19.4 Å². The van der Waals surface area contributed by atoms with Crippen LogP contribution in [0.25, 0.3) is 0 Å². The Morgan fingerprint density at radius 1 is 1.17 bits per heavy atom. The second-order valence-corrected chi connectivity index (χ2v) is 5.85. The Morgan fingerprint density at radius 2 is 1.78 bits per heavy atom. The van der Waals surface area contributed by atoms with Gasteiger partial charge in [0.2, 0.25) is 0 Å². The molecule has 0 aliphatic carbocycles. The first-order valence-corrected chi connectivity index (χ1v) is 8.24. The Bertz CT molecular complexity index is 361. The number of nitrogens with zero attached hydrogens (tertiary/aromatic N) is 1. The third kappa shape index (κ3) is 5.19. The molecular weight excluding hydrogens is 244 g/mol. The van der Waals surface area contributed by atoms with Gasteiger partial charge in [0, 0.05) is 54.7 Å². The quantitative estimate of drug-likeness (QED) is 0.732. The number of anilines is 1. The summed E-state index contributed by atoms with van der Waals surface area (Å²) in [4.78, 5) is 2.33. The molecule has 0 aliphatic rings. The molecule has 0 aromatic heterocycles. The van der Waals surface area contributed by atoms with E-state index in [0.717, 1.165) is 31.9 Å². The van der Waals surface area contributed by atoms with Gasteiger partial charge in [-0.3, -0.25) is 4.21 Å². The molecular formula is C14H24N2OS. The molecule has 0 saturated carbocycles. The Hall–Kier alpha value is -0.870. The highest BCUT2D eigenvalue weighted by atomic mass is 32.2. The summed E-state index contributed by atoms with van der Waals surface area (Å²) in [5, 5.41) is 3.30. The smallest absolute Gasteiger partial charge is 0.0366 e. The van der Waals surface area contributed by atoms with Gasteiger partial charge in [-0.15, -0.1) is 0 Å². The van der Waals surface area contributed by atoms with Gasteiger partial charge in [0.15, 0.2) is 0 Å². The summed E-state index contributed by atoms with van der Waals surface area (Å²) in [5.74, 6) is 0.720. The molecule has 0 radical (unpaired) electrons. The third-order valence-corrected chi connectivity index (χ3v) is 3.74. The number of benzene rings is 1. The minimum Gasteiger partial charge on any atom is -0.372 e. The van der Waals surface area contributed by atoms with Crippen molar-refractivity contribution in [3.05, 3.63) is 29.8 Å². The lowest BCUT2D eigenvalue weighted by Crippen LogP contribution is -2.22. The normalized spacial score (nSPS) is 12.4. The fraction of sp³-hybridized carbons (Fsp3) is 0.571. The summed E-state index contributed by atoms with van der Waals surface area (Å²) in [6.45, 7) is 8.07. The van der Waals surface area contributed by atoms with Crippen LogP contribution in [-0.2, 0) is 17.3 Å². The summed E-state index contributed by atoms with van der Waals surface area (Å²) in [6.07, 6.45) is 1.74. The molecule has 1 unspecified atom stereocenters. The SMILES string of the molecule is CCN(CC)c1ccc(CNCCS(C)=O)cc1. The van der Waals surface area contributed by atoms with Crippen LogP contribution < -0.4 is 10.2 Å². The lowest BCUT2D eigenvalue weighted by atomic mass is 10.2. The van der Waals surface area contributed by atoms with E-state index in [2.05, 4.69) is 48.3 Å². The van der Waals surface area contributed by atoms with Crippen molar-refractivity contribution in [1.82, 2.24) is 5.32 Å². The van der Waals surface area contributed by atoms with Crippen molar-refractivity contribution in [3.63, 3.8) is 0 Å². The van der Waals surface area contributed by atoms with E-state index < -0.39 is 10.8 Å². The topological polar surface area (TPSA) is 32.3 Å². The van der Waals surface area contributed by atoms with Crippen molar-refractivity contribution in [3.8, 4) is 0 Å². The largest absolute Gasteiger partial charge is 0.372 e. The maximum atomic E-state index is 10.9. The van der Waals surface area contributed by atoms with Crippen LogP contribution in [0.2, 0.25) is 0 Å². The van der Waals surface area contributed by atoms with Gasteiger partial charge in [-0.1, -0.05) is 12.1 Å². The molecule has 3 nitrogen and oxygen atoms in total. The average Bonchev–Trinajstić information content (AvgIpc) is 2.37. The second kappa shape index (κ2) is 8.27. The molecule has 0 bridgehead atoms. The summed E-state index contributed by atoms with van der Waals surface area (Å²) < 4.78 is 10.9. The molecule has 0 amide bonds. The Balaban J connectivity index is 2.42. The van der Waals surface area contributed by atoms with Gasteiger partial charge < -0.3 is 10.2 Å². The van der Waals surface area contributed by atoms with Crippen molar-refractivity contribution < 1.29 is 4.21 Å². The van der Waals surface area contributed by atoms with Gasteiger partial charge in [0.05, 0.1) is 0 Å². The Morgan fingerprint density at radius 3 is 2.28 bits per heavy atom. The van der Waals surface area contributed by atoms with E-state index in [1.807, 2.05) is 0 Å². The molecule has 0 aliphatic heterocycles. The van der Waals surface area contributed by atoms with Crippen LogP contribution in [0, 0.1) is 0 Å². The van der Waals surface area contributed by atoms with Gasteiger partial charge in [0.1, 0.15) is 0 Å². The van der Waals surface area contributed by atoms with Crippen molar-refractivity contribution in [1.29, 1.82) is 0 Å². The highest BCUT2D eigenvalue weighted by Gasteiger charge is 2.01. The molecule has 1 aromatic carbocycles. The van der Waals surface area contributed by atoms with E-state index in [1.54, 1.807) is 6.26 Å². The van der Waals surface area contributed by atoms with Crippen LogP contribution in [0.3, 0.4) is 0 Å². The first-order valence-electron chi connectivity index (χ1n) is 6.52. The average molecular weight is 268 g/mol. The lowest BCUT2D eigenvalue weighted by Gasteiger charge is -2.21. The fourth-order valence-corrected chi connectivity index (χ4v) is 2.29. The van der Waals surface area contributed by atoms with Crippen molar-refractivity contribution in [2.45, 2.75) is 20.4 Å². The zero-order valence-corrected chi connectivity index (χ0v) is 12.4. The Labute approximate surface area is 113 Å². The number of nitrogens with one attached hydrogen (secondary N) is 1. The molecule has 1 aromatic rings. The van der Waals surface area contributed by atoms with Crippen LogP contribution in [-0.4, -0.2) is 35.9 Å². The summed E-state index contributed by atoms with van der Waals surface area (Å²) in [6, 6.07) is 8.65. The zero-order valence-electron chi connectivity index (χ0n) is 11.6. The van der Waals surface area contributed by atoms with Gasteiger partial charge in [-0.25, -0.2) is 0 Å². The highest BCUT2D eigenvalue weighted by molar-refractivity contribution is 7.84. The monoisotopic (exact) mass is 268 g/mol. The van der Waals surface area contributed by atoms with Crippen molar-refractivity contribution >= 4 is 16.5 Å². The lowest BCUT2D eigenvalue weighted by molar-refractivity contribution is 0.676. The first-order chi connectivity index (χ1) is 8.67.